The quantitative estimate of drug-likeness (QED) is 0.502. The van der Waals surface area contributed by atoms with E-state index >= 15 is 0 Å². The van der Waals surface area contributed by atoms with Crippen molar-refractivity contribution in [2.24, 2.45) is 0 Å². The van der Waals surface area contributed by atoms with E-state index in [-0.39, 0.29) is 52.8 Å². The van der Waals surface area contributed by atoms with Crippen LogP contribution in [0.5, 0.6) is 0 Å². The first-order valence-corrected chi connectivity index (χ1v) is 4.95. The molecule has 0 bridgehead atoms. The van der Waals surface area contributed by atoms with Crippen molar-refractivity contribution in [3.63, 3.8) is 0 Å². The zero-order chi connectivity index (χ0) is 17.9. The van der Waals surface area contributed by atoms with Crippen molar-refractivity contribution in [3.8, 4) is 0 Å². The smallest absolute Gasteiger partial charge is 1.00 e. The summed E-state index contributed by atoms with van der Waals surface area (Å²) in [5.74, 6) is -14.3. The van der Waals surface area contributed by atoms with Crippen LogP contribution < -0.4 is 51.4 Å². The molecule has 0 aliphatic carbocycles. The zero-order valence-corrected chi connectivity index (χ0v) is 13.5. The van der Waals surface area contributed by atoms with Gasteiger partial charge in [0.1, 0.15) is 0 Å². The van der Waals surface area contributed by atoms with Gasteiger partial charge < -0.3 is 1.43 Å². The molecule has 0 saturated heterocycles. The molecular formula is C4HF12KO4S. The summed E-state index contributed by atoms with van der Waals surface area (Å²) in [5, 5.41) is 0. The molecule has 0 fully saturated rings. The number of alkyl halides is 10. The Balaban J connectivity index is -0.000000173. The van der Waals surface area contributed by atoms with Crippen LogP contribution in [-0.2, 0) is 19.2 Å². The summed E-state index contributed by atoms with van der Waals surface area (Å²) in [6, 6.07) is 0. The van der Waals surface area contributed by atoms with Crippen molar-refractivity contribution < 1.29 is 123 Å². The molecule has 0 heterocycles. The molecule has 0 aliphatic heterocycles. The molecule has 0 N–H and O–H groups in total. The molecule has 22 heavy (non-hydrogen) atoms. The predicted molar refractivity (Wildman–Crippen MR) is 36.4 cm³/mol. The second-order valence-corrected chi connectivity index (χ2v) is 3.75. The predicted octanol–water partition coefficient (Wildman–Crippen LogP) is 0.531. The van der Waals surface area contributed by atoms with Gasteiger partial charge in [0.2, 0.25) is 0 Å². The molecule has 0 amide bonds. The summed E-state index contributed by atoms with van der Waals surface area (Å²) in [5.41, 5.74) is 0. The fourth-order valence-electron chi connectivity index (χ4n) is 0.366. The SMILES string of the molecule is FC(F)(F)C(F)(F)C(F)(F)C(F)(F)F.O=S(=O)(OF)OF.[H-].[K+]. The largest absolute Gasteiger partial charge is 1.00 e. The Labute approximate surface area is 156 Å². The molecule has 132 valence electrons. The Morgan fingerprint density at radius 3 is 0.864 bits per heavy atom. The Bertz CT molecular complexity index is 397. The van der Waals surface area contributed by atoms with Crippen LogP contribution in [0.3, 0.4) is 0 Å². The van der Waals surface area contributed by atoms with Crippen LogP contribution in [0.15, 0.2) is 0 Å². The average Bonchev–Trinajstić information content (AvgIpc) is 2.26. The van der Waals surface area contributed by atoms with E-state index in [1.54, 1.807) is 0 Å². The van der Waals surface area contributed by atoms with Crippen LogP contribution in [-0.4, -0.2) is 32.6 Å². The Morgan fingerprint density at radius 2 is 0.818 bits per heavy atom. The van der Waals surface area contributed by atoms with Gasteiger partial charge in [-0.05, 0) is 17.8 Å². The number of hydrogen-bond acceptors (Lipinski definition) is 4. The maximum absolute atomic E-state index is 11.6. The van der Waals surface area contributed by atoms with Crippen molar-refractivity contribution in [1.29, 1.82) is 0 Å². The summed E-state index contributed by atoms with van der Waals surface area (Å²) in [6.07, 6.45) is -13.9. The molecule has 0 atom stereocenters. The molecule has 0 aromatic heterocycles. The van der Waals surface area contributed by atoms with Crippen LogP contribution >= 0.6 is 0 Å². The minimum absolute atomic E-state index is 0. The molecule has 18 heteroatoms. The molecule has 0 unspecified atom stereocenters. The van der Waals surface area contributed by atoms with Gasteiger partial charge in [-0.3, -0.25) is 0 Å². The van der Waals surface area contributed by atoms with Crippen molar-refractivity contribution in [3.05, 3.63) is 0 Å². The maximum Gasteiger partial charge on any atom is 1.00 e. The van der Waals surface area contributed by atoms with Crippen LogP contribution in [0.4, 0.5) is 53.0 Å². The number of halogens is 12. The number of rotatable bonds is 3. The molecular weight excluding hydrogens is 411 g/mol. The van der Waals surface area contributed by atoms with Gasteiger partial charge >= 0.3 is 86.0 Å². The summed E-state index contributed by atoms with van der Waals surface area (Å²) in [7, 11) is -4.99. The maximum atomic E-state index is 11.6. The van der Waals surface area contributed by atoms with Crippen molar-refractivity contribution >= 4 is 10.4 Å². The Morgan fingerprint density at radius 1 is 0.636 bits per heavy atom. The molecule has 0 radical (unpaired) electrons. The fraction of sp³-hybridized carbons (Fsp3) is 1.00. The van der Waals surface area contributed by atoms with Gasteiger partial charge in [-0.2, -0.15) is 52.3 Å². The molecule has 0 aliphatic rings. The number of hydrogen-bond donors (Lipinski definition) is 0. The van der Waals surface area contributed by atoms with Gasteiger partial charge in [0.05, 0.1) is 0 Å². The van der Waals surface area contributed by atoms with Crippen molar-refractivity contribution in [2.75, 3.05) is 0 Å². The third-order valence-corrected chi connectivity index (χ3v) is 1.57. The molecule has 0 spiro atoms. The first-order valence-electron chi connectivity index (χ1n) is 3.62. The molecule has 0 rings (SSSR count). The van der Waals surface area contributed by atoms with Gasteiger partial charge in [0, 0.05) is 0 Å². The molecule has 4 nitrogen and oxygen atoms in total. The minimum Gasteiger partial charge on any atom is -1.00 e. The second kappa shape index (κ2) is 8.67. The van der Waals surface area contributed by atoms with Crippen LogP contribution in [0.2, 0.25) is 0 Å². The van der Waals surface area contributed by atoms with Gasteiger partial charge in [0.15, 0.2) is 0 Å². The molecule has 0 aromatic carbocycles. The van der Waals surface area contributed by atoms with Crippen LogP contribution in [0, 0.1) is 0 Å². The van der Waals surface area contributed by atoms with Crippen LogP contribution in [0.25, 0.3) is 0 Å². The topological polar surface area (TPSA) is 52.6 Å². The van der Waals surface area contributed by atoms with E-state index in [4.69, 9.17) is 0 Å². The van der Waals surface area contributed by atoms with E-state index < -0.39 is 34.6 Å². The average molecular weight is 412 g/mol. The van der Waals surface area contributed by atoms with E-state index in [9.17, 15) is 61.4 Å². The third-order valence-electron chi connectivity index (χ3n) is 1.26. The summed E-state index contributed by atoms with van der Waals surface area (Å²) in [4.78, 5) is 0. The Kier molecular flexibility index (Phi) is 10.8. The first-order chi connectivity index (χ1) is 8.87. The first kappa shape index (κ1) is 27.5. The van der Waals surface area contributed by atoms with Crippen LogP contribution in [0.1, 0.15) is 1.43 Å². The van der Waals surface area contributed by atoms with Gasteiger partial charge in [-0.15, -0.1) is 0 Å². The standard InChI is InChI=1S/C4F10.F2O4S.K.H/c5-1(6,3(9,10)11)2(7,8)4(12,13)14;1-5-7(3,4)6-2;;/q;;+1;-1. The third kappa shape index (κ3) is 7.05. The summed E-state index contributed by atoms with van der Waals surface area (Å²) in [6.45, 7) is 0. The summed E-state index contributed by atoms with van der Waals surface area (Å²) >= 11 is 0. The minimum atomic E-state index is -7.14. The van der Waals surface area contributed by atoms with Gasteiger partial charge in [0.25, 0.3) is 0 Å². The normalized spacial score (nSPS) is 13.8. The van der Waals surface area contributed by atoms with E-state index in [1.807, 2.05) is 8.78 Å². The van der Waals surface area contributed by atoms with Gasteiger partial charge in [-0.25, -0.2) is 0 Å². The Hall–Kier alpha value is 0.666. The van der Waals surface area contributed by atoms with E-state index in [2.05, 4.69) is 0 Å². The van der Waals surface area contributed by atoms with Crippen molar-refractivity contribution in [2.45, 2.75) is 24.2 Å². The van der Waals surface area contributed by atoms with E-state index in [0.29, 0.717) is 0 Å². The molecule has 0 aromatic rings. The zero-order valence-electron chi connectivity index (χ0n) is 10.6. The van der Waals surface area contributed by atoms with Gasteiger partial charge in [-0.1, -0.05) is 0 Å². The fourth-order valence-corrected chi connectivity index (χ4v) is 0.385. The molecule has 0 saturated carbocycles. The van der Waals surface area contributed by atoms with E-state index in [1.165, 1.54) is 0 Å². The summed E-state index contributed by atoms with van der Waals surface area (Å²) < 4.78 is 156. The second-order valence-electron chi connectivity index (χ2n) is 2.68. The van der Waals surface area contributed by atoms with Crippen molar-refractivity contribution in [1.82, 2.24) is 0 Å². The van der Waals surface area contributed by atoms with E-state index in [0.717, 1.165) is 0 Å². The monoisotopic (exact) mass is 412 g/mol.